The van der Waals surface area contributed by atoms with Gasteiger partial charge in [-0.3, -0.25) is 4.90 Å². The van der Waals surface area contributed by atoms with Crippen LogP contribution >= 0.6 is 0 Å². The van der Waals surface area contributed by atoms with E-state index in [2.05, 4.69) is 43.3 Å². The SMILES string of the molecule is CNCC[N+](C)(CCN(C)CCN(C)C)CC(C)O. The van der Waals surface area contributed by atoms with Gasteiger partial charge >= 0.3 is 0 Å². The normalized spacial score (nSPS) is 16.9. The number of hydrogen-bond donors (Lipinski definition) is 2. The second kappa shape index (κ2) is 9.66. The molecule has 5 nitrogen and oxygen atoms in total. The van der Waals surface area contributed by atoms with Gasteiger partial charge in [-0.2, -0.15) is 0 Å². The van der Waals surface area contributed by atoms with Crippen LogP contribution in [0.3, 0.4) is 0 Å². The lowest BCUT2D eigenvalue weighted by Gasteiger charge is -2.37. The molecule has 0 radical (unpaired) electrons. The van der Waals surface area contributed by atoms with Gasteiger partial charge in [0, 0.05) is 26.2 Å². The van der Waals surface area contributed by atoms with Gasteiger partial charge in [0.1, 0.15) is 12.6 Å². The molecule has 2 unspecified atom stereocenters. The van der Waals surface area contributed by atoms with Crippen molar-refractivity contribution in [2.45, 2.75) is 13.0 Å². The third-order valence-electron chi connectivity index (χ3n) is 3.56. The minimum absolute atomic E-state index is 0.242. The molecule has 116 valence electrons. The summed E-state index contributed by atoms with van der Waals surface area (Å²) < 4.78 is 0.921. The third-order valence-corrected chi connectivity index (χ3v) is 3.56. The standard InChI is InChI=1S/C14H35N4O/c1-14(19)13-18(6,11-7-15-2)12-10-17(5)9-8-16(3)4/h14-15,19H,7-13H2,1-6H3/q+1. The molecule has 0 saturated heterocycles. The van der Waals surface area contributed by atoms with Crippen LogP contribution in [0, 0.1) is 0 Å². The molecule has 5 heteroatoms. The van der Waals surface area contributed by atoms with Gasteiger partial charge in [-0.15, -0.1) is 0 Å². The molecule has 0 bridgehead atoms. The number of aliphatic hydroxyl groups excluding tert-OH is 1. The fourth-order valence-corrected chi connectivity index (χ4v) is 2.21. The summed E-state index contributed by atoms with van der Waals surface area (Å²) in [7, 11) is 10.6. The summed E-state index contributed by atoms with van der Waals surface area (Å²) in [5, 5.41) is 12.9. The molecule has 2 atom stereocenters. The van der Waals surface area contributed by atoms with Crippen molar-refractivity contribution in [2.75, 3.05) is 81.1 Å². The Hall–Kier alpha value is -0.200. The van der Waals surface area contributed by atoms with E-state index in [-0.39, 0.29) is 6.10 Å². The minimum Gasteiger partial charge on any atom is -0.388 e. The van der Waals surface area contributed by atoms with Crippen molar-refractivity contribution >= 4 is 0 Å². The fraction of sp³-hybridized carbons (Fsp3) is 1.00. The molecule has 0 saturated carbocycles. The maximum absolute atomic E-state index is 9.67. The Labute approximate surface area is 119 Å². The smallest absolute Gasteiger partial charge is 0.105 e. The van der Waals surface area contributed by atoms with Crippen molar-refractivity contribution in [3.8, 4) is 0 Å². The van der Waals surface area contributed by atoms with Crippen molar-refractivity contribution in [2.24, 2.45) is 0 Å². The average molecular weight is 275 g/mol. The Morgan fingerprint density at radius 1 is 1.11 bits per heavy atom. The maximum atomic E-state index is 9.67. The molecule has 2 N–H and O–H groups in total. The van der Waals surface area contributed by atoms with E-state index in [1.807, 2.05) is 14.0 Å². The number of nitrogens with one attached hydrogen (secondary N) is 1. The first-order chi connectivity index (χ1) is 8.79. The molecule has 0 aromatic carbocycles. The highest BCUT2D eigenvalue weighted by Crippen LogP contribution is 2.04. The number of nitrogens with zero attached hydrogens (tertiary/aromatic N) is 3. The Morgan fingerprint density at radius 2 is 1.74 bits per heavy atom. The molecule has 0 aromatic rings. The molecule has 0 aromatic heterocycles. The molecule has 19 heavy (non-hydrogen) atoms. The monoisotopic (exact) mass is 275 g/mol. The van der Waals surface area contributed by atoms with E-state index < -0.39 is 0 Å². The van der Waals surface area contributed by atoms with E-state index >= 15 is 0 Å². The zero-order valence-corrected chi connectivity index (χ0v) is 13.8. The van der Waals surface area contributed by atoms with E-state index in [4.69, 9.17) is 0 Å². The van der Waals surface area contributed by atoms with Gasteiger partial charge in [0.05, 0.1) is 20.1 Å². The number of hydrogen-bond acceptors (Lipinski definition) is 4. The average Bonchev–Trinajstić information content (AvgIpc) is 2.30. The first-order valence-corrected chi connectivity index (χ1v) is 7.28. The fourth-order valence-electron chi connectivity index (χ4n) is 2.21. The van der Waals surface area contributed by atoms with Gasteiger partial charge in [0.25, 0.3) is 0 Å². The summed E-state index contributed by atoms with van der Waals surface area (Å²) in [4.78, 5) is 4.58. The Bertz CT molecular complexity index is 223. The quantitative estimate of drug-likeness (QED) is 0.500. The van der Waals surface area contributed by atoms with Gasteiger partial charge in [0.15, 0.2) is 0 Å². The van der Waals surface area contributed by atoms with Crippen LogP contribution in [0.1, 0.15) is 6.92 Å². The Morgan fingerprint density at radius 3 is 2.21 bits per heavy atom. The lowest BCUT2D eigenvalue weighted by Crippen LogP contribution is -2.54. The molecule has 0 heterocycles. The van der Waals surface area contributed by atoms with E-state index in [1.54, 1.807) is 0 Å². The summed E-state index contributed by atoms with van der Waals surface area (Å²) in [6.07, 6.45) is -0.242. The van der Waals surface area contributed by atoms with Crippen LogP contribution < -0.4 is 5.32 Å². The molecule has 0 aliphatic rings. The first-order valence-electron chi connectivity index (χ1n) is 7.28. The van der Waals surface area contributed by atoms with Crippen LogP contribution in [-0.2, 0) is 0 Å². The Balaban J connectivity index is 4.16. The third kappa shape index (κ3) is 10.3. The van der Waals surface area contributed by atoms with E-state index in [0.717, 1.165) is 50.3 Å². The van der Waals surface area contributed by atoms with Crippen molar-refractivity contribution in [1.29, 1.82) is 0 Å². The van der Waals surface area contributed by atoms with Crippen molar-refractivity contribution < 1.29 is 9.59 Å². The van der Waals surface area contributed by atoms with Gasteiger partial charge in [-0.25, -0.2) is 0 Å². The molecule has 0 spiro atoms. The molecular weight excluding hydrogens is 240 g/mol. The molecule has 0 amide bonds. The predicted octanol–water partition coefficient (Wildman–Crippen LogP) is -0.473. The van der Waals surface area contributed by atoms with Gasteiger partial charge in [0.2, 0.25) is 0 Å². The molecular formula is C14H35N4O+. The highest BCUT2D eigenvalue weighted by Gasteiger charge is 2.23. The zero-order valence-electron chi connectivity index (χ0n) is 13.8. The summed E-state index contributed by atoms with van der Waals surface area (Å²) in [6, 6.07) is 0. The van der Waals surface area contributed by atoms with Crippen LogP contribution in [0.15, 0.2) is 0 Å². The summed E-state index contributed by atoms with van der Waals surface area (Å²) in [6.45, 7) is 9.08. The van der Waals surface area contributed by atoms with Crippen LogP contribution in [0.25, 0.3) is 0 Å². The molecule has 0 fully saturated rings. The van der Waals surface area contributed by atoms with Crippen LogP contribution in [-0.4, -0.2) is 107 Å². The van der Waals surface area contributed by atoms with Crippen molar-refractivity contribution in [1.82, 2.24) is 15.1 Å². The first kappa shape index (κ1) is 18.8. The maximum Gasteiger partial charge on any atom is 0.105 e. The molecule has 0 aliphatic carbocycles. The van der Waals surface area contributed by atoms with Crippen molar-refractivity contribution in [3.05, 3.63) is 0 Å². The van der Waals surface area contributed by atoms with Gasteiger partial charge in [-0.05, 0) is 35.1 Å². The molecule has 0 rings (SSSR count). The van der Waals surface area contributed by atoms with E-state index in [9.17, 15) is 5.11 Å². The van der Waals surface area contributed by atoms with Crippen LogP contribution in [0.4, 0.5) is 0 Å². The highest BCUT2D eigenvalue weighted by molar-refractivity contribution is 4.56. The predicted molar refractivity (Wildman–Crippen MR) is 82.4 cm³/mol. The Kier molecular flexibility index (Phi) is 9.56. The number of rotatable bonds is 11. The van der Waals surface area contributed by atoms with Gasteiger partial charge < -0.3 is 19.8 Å². The number of aliphatic hydroxyl groups is 1. The van der Waals surface area contributed by atoms with Crippen LogP contribution in [0.5, 0.6) is 0 Å². The second-order valence-corrected chi connectivity index (χ2v) is 6.31. The minimum atomic E-state index is -0.242. The second-order valence-electron chi connectivity index (χ2n) is 6.31. The molecule has 0 aliphatic heterocycles. The van der Waals surface area contributed by atoms with Gasteiger partial charge in [-0.1, -0.05) is 0 Å². The zero-order chi connectivity index (χ0) is 14.9. The highest BCUT2D eigenvalue weighted by atomic mass is 16.3. The van der Waals surface area contributed by atoms with E-state index in [0.29, 0.717) is 0 Å². The van der Waals surface area contributed by atoms with Crippen LogP contribution in [0.2, 0.25) is 0 Å². The largest absolute Gasteiger partial charge is 0.388 e. The summed E-state index contributed by atoms with van der Waals surface area (Å²) in [5.74, 6) is 0. The lowest BCUT2D eigenvalue weighted by atomic mass is 10.2. The van der Waals surface area contributed by atoms with E-state index in [1.165, 1.54) is 0 Å². The summed E-state index contributed by atoms with van der Waals surface area (Å²) >= 11 is 0. The number of quaternary nitrogens is 1. The van der Waals surface area contributed by atoms with Crippen molar-refractivity contribution in [3.63, 3.8) is 0 Å². The lowest BCUT2D eigenvalue weighted by molar-refractivity contribution is -0.910. The summed E-state index contributed by atoms with van der Waals surface area (Å²) in [5.41, 5.74) is 0. The number of likely N-dealkylation sites (N-methyl/N-ethyl adjacent to an activating group) is 4. The topological polar surface area (TPSA) is 38.7 Å².